The Bertz CT molecular complexity index is 448. The van der Waals surface area contributed by atoms with Crippen molar-refractivity contribution < 1.29 is 0 Å². The number of hydrogen-bond acceptors (Lipinski definition) is 3. The molecule has 2 atom stereocenters. The Morgan fingerprint density at radius 3 is 1.54 bits per heavy atom. The maximum atomic E-state index is 2.85. The topological polar surface area (TPSA) is 9.72 Å². The van der Waals surface area contributed by atoms with E-state index in [4.69, 9.17) is 0 Å². The smallest absolute Gasteiger partial charge is 0.0352 e. The number of fused-ring (bicyclic) bond motifs is 1. The summed E-state index contributed by atoms with van der Waals surface area (Å²) in [6, 6.07) is 1.71. The molecule has 1 aliphatic carbocycles. The molecule has 0 aromatic rings. The summed E-state index contributed by atoms with van der Waals surface area (Å²) in [5.41, 5.74) is 0.877. The predicted octanol–water partition coefficient (Wildman–Crippen LogP) is 3.16. The summed E-state index contributed by atoms with van der Waals surface area (Å²) in [5, 5.41) is 0. The highest BCUT2D eigenvalue weighted by Gasteiger charge is 2.49. The first-order valence-corrected chi connectivity index (χ1v) is 10.3. The fourth-order valence-electron chi connectivity index (χ4n) is 5.59. The van der Waals surface area contributed by atoms with Gasteiger partial charge in [0.15, 0.2) is 0 Å². The van der Waals surface area contributed by atoms with Gasteiger partial charge in [-0.1, -0.05) is 20.8 Å². The van der Waals surface area contributed by atoms with Gasteiger partial charge in [-0.15, -0.1) is 0 Å². The van der Waals surface area contributed by atoms with E-state index < -0.39 is 0 Å². The van der Waals surface area contributed by atoms with Gasteiger partial charge in [-0.3, -0.25) is 14.7 Å². The minimum Gasteiger partial charge on any atom is -0.297 e. The zero-order valence-corrected chi connectivity index (χ0v) is 16.9. The fourth-order valence-corrected chi connectivity index (χ4v) is 5.59. The van der Waals surface area contributed by atoms with Gasteiger partial charge in [0.05, 0.1) is 0 Å². The molecule has 3 heterocycles. The van der Waals surface area contributed by atoms with Crippen LogP contribution in [0.1, 0.15) is 54.4 Å². The quantitative estimate of drug-likeness (QED) is 0.768. The van der Waals surface area contributed by atoms with Crippen LogP contribution in [-0.2, 0) is 0 Å². The first kappa shape index (κ1) is 17.3. The summed E-state index contributed by atoms with van der Waals surface area (Å²) >= 11 is 0. The Kier molecular flexibility index (Phi) is 4.10. The largest absolute Gasteiger partial charge is 0.297 e. The zero-order valence-electron chi connectivity index (χ0n) is 16.9. The molecule has 3 saturated heterocycles. The number of hydrogen-bond donors (Lipinski definition) is 0. The molecule has 0 bridgehead atoms. The molecular weight excluding hydrogens is 294 g/mol. The lowest BCUT2D eigenvalue weighted by Gasteiger charge is -2.56. The molecule has 3 heteroatoms. The van der Waals surface area contributed by atoms with Crippen LogP contribution in [0.3, 0.4) is 0 Å². The van der Waals surface area contributed by atoms with E-state index in [9.17, 15) is 0 Å². The summed E-state index contributed by atoms with van der Waals surface area (Å²) in [4.78, 5) is 8.22. The highest BCUT2D eigenvalue weighted by Crippen LogP contribution is 2.49. The molecular formula is C21H39N3. The van der Waals surface area contributed by atoms with Gasteiger partial charge in [0.25, 0.3) is 0 Å². The molecule has 3 aliphatic heterocycles. The minimum atomic E-state index is 0.358. The van der Waals surface area contributed by atoms with Gasteiger partial charge < -0.3 is 0 Å². The summed E-state index contributed by atoms with van der Waals surface area (Å²) in [5.74, 6) is 2.97. The van der Waals surface area contributed by atoms with Crippen molar-refractivity contribution >= 4 is 0 Å². The van der Waals surface area contributed by atoms with E-state index in [0.29, 0.717) is 11.0 Å². The monoisotopic (exact) mass is 333 g/mol. The number of nitrogens with zero attached hydrogens (tertiary/aromatic N) is 3. The molecule has 0 radical (unpaired) electrons. The van der Waals surface area contributed by atoms with Gasteiger partial charge in [-0.25, -0.2) is 0 Å². The molecule has 0 amide bonds. The standard InChI is InChI=1S/C21H39N3/c1-20(2,3)17-7-15-9-22(10-16(15)8-17)18-11-23(12-18)19-13-24(14-19)21(4,5)6/h15-19H,7-14H2,1-6H3. The predicted molar refractivity (Wildman–Crippen MR) is 101 cm³/mol. The number of rotatable bonds is 2. The first-order chi connectivity index (χ1) is 11.1. The molecule has 4 rings (SSSR count). The molecule has 138 valence electrons. The number of likely N-dealkylation sites (tertiary alicyclic amines) is 3. The third-order valence-corrected chi connectivity index (χ3v) is 7.74. The van der Waals surface area contributed by atoms with Crippen molar-refractivity contribution in [2.24, 2.45) is 23.2 Å². The molecule has 3 nitrogen and oxygen atoms in total. The lowest BCUT2D eigenvalue weighted by Crippen LogP contribution is -2.71. The molecule has 4 fully saturated rings. The van der Waals surface area contributed by atoms with Gasteiger partial charge in [0.2, 0.25) is 0 Å². The molecule has 1 saturated carbocycles. The average Bonchev–Trinajstić information content (AvgIpc) is 2.84. The molecule has 0 aromatic heterocycles. The van der Waals surface area contributed by atoms with E-state index in [1.807, 2.05) is 0 Å². The molecule has 2 unspecified atom stereocenters. The molecule has 0 N–H and O–H groups in total. The van der Waals surface area contributed by atoms with Crippen LogP contribution < -0.4 is 0 Å². The SMILES string of the molecule is CC(C)(C)C1CC2CN(C3CN(C4CN(C(C)(C)C)C4)C3)CC2C1. The van der Waals surface area contributed by atoms with Crippen LogP contribution in [0.2, 0.25) is 0 Å². The van der Waals surface area contributed by atoms with Gasteiger partial charge in [0.1, 0.15) is 0 Å². The normalized spacial score (nSPS) is 37.5. The maximum absolute atomic E-state index is 2.85. The van der Waals surface area contributed by atoms with Crippen molar-refractivity contribution in [1.29, 1.82) is 0 Å². The van der Waals surface area contributed by atoms with Crippen LogP contribution in [0.15, 0.2) is 0 Å². The van der Waals surface area contributed by atoms with E-state index in [-0.39, 0.29) is 0 Å². The minimum absolute atomic E-state index is 0.358. The van der Waals surface area contributed by atoms with Gasteiger partial charge in [-0.2, -0.15) is 0 Å². The van der Waals surface area contributed by atoms with Gasteiger partial charge in [-0.05, 0) is 56.8 Å². The molecule has 0 aromatic carbocycles. The average molecular weight is 334 g/mol. The van der Waals surface area contributed by atoms with Crippen molar-refractivity contribution in [2.75, 3.05) is 39.3 Å². The van der Waals surface area contributed by atoms with Crippen molar-refractivity contribution in [3.05, 3.63) is 0 Å². The van der Waals surface area contributed by atoms with Crippen LogP contribution in [0, 0.1) is 23.2 Å². The van der Waals surface area contributed by atoms with E-state index in [2.05, 4.69) is 56.2 Å². The Morgan fingerprint density at radius 1 is 0.625 bits per heavy atom. The Balaban J connectivity index is 1.21. The summed E-state index contributed by atoms with van der Waals surface area (Å²) in [6.07, 6.45) is 2.98. The second-order valence-corrected chi connectivity index (χ2v) is 11.3. The summed E-state index contributed by atoms with van der Waals surface area (Å²) in [6.45, 7) is 22.4. The second kappa shape index (κ2) is 5.69. The van der Waals surface area contributed by atoms with Gasteiger partial charge >= 0.3 is 0 Å². The van der Waals surface area contributed by atoms with Crippen LogP contribution in [-0.4, -0.2) is 71.6 Å². The van der Waals surface area contributed by atoms with Crippen molar-refractivity contribution in [3.63, 3.8) is 0 Å². The van der Waals surface area contributed by atoms with Crippen molar-refractivity contribution in [2.45, 2.75) is 72.0 Å². The van der Waals surface area contributed by atoms with E-state index >= 15 is 0 Å². The van der Waals surface area contributed by atoms with Crippen LogP contribution in [0.25, 0.3) is 0 Å². The Labute approximate surface area is 149 Å². The maximum Gasteiger partial charge on any atom is 0.0352 e. The van der Waals surface area contributed by atoms with E-state index in [1.165, 1.54) is 52.1 Å². The Hall–Kier alpha value is -0.120. The van der Waals surface area contributed by atoms with Crippen LogP contribution in [0.4, 0.5) is 0 Å². The summed E-state index contributed by atoms with van der Waals surface area (Å²) in [7, 11) is 0. The Morgan fingerprint density at radius 2 is 1.08 bits per heavy atom. The van der Waals surface area contributed by atoms with Crippen molar-refractivity contribution in [3.8, 4) is 0 Å². The molecule has 24 heavy (non-hydrogen) atoms. The van der Waals surface area contributed by atoms with Crippen LogP contribution >= 0.6 is 0 Å². The highest BCUT2D eigenvalue weighted by molar-refractivity contribution is 5.03. The first-order valence-electron chi connectivity index (χ1n) is 10.3. The van der Waals surface area contributed by atoms with Crippen molar-refractivity contribution in [1.82, 2.24) is 14.7 Å². The third kappa shape index (κ3) is 3.05. The highest BCUT2D eigenvalue weighted by atomic mass is 15.4. The second-order valence-electron chi connectivity index (χ2n) is 11.3. The lowest BCUT2D eigenvalue weighted by molar-refractivity contribution is -0.0744. The zero-order chi connectivity index (χ0) is 17.3. The lowest BCUT2D eigenvalue weighted by atomic mass is 9.79. The fraction of sp³-hybridized carbons (Fsp3) is 1.00. The third-order valence-electron chi connectivity index (χ3n) is 7.74. The van der Waals surface area contributed by atoms with E-state index in [1.54, 1.807) is 0 Å². The molecule has 4 aliphatic rings. The summed E-state index contributed by atoms with van der Waals surface area (Å²) < 4.78 is 0. The van der Waals surface area contributed by atoms with E-state index in [0.717, 1.165) is 29.8 Å². The van der Waals surface area contributed by atoms with Crippen LogP contribution in [0.5, 0.6) is 0 Å². The molecule has 0 spiro atoms. The van der Waals surface area contributed by atoms with Gasteiger partial charge in [0, 0.05) is 56.9 Å².